The van der Waals surface area contributed by atoms with Gasteiger partial charge in [-0.25, -0.2) is 17.9 Å². The lowest BCUT2D eigenvalue weighted by molar-refractivity contribution is -0.202. The number of pyridine rings is 1. The van der Waals surface area contributed by atoms with Crippen molar-refractivity contribution < 1.29 is 23.4 Å². The number of hydrogen-bond acceptors (Lipinski definition) is 6. The molecule has 0 radical (unpaired) electrons. The van der Waals surface area contributed by atoms with Crippen LogP contribution in [0.5, 0.6) is 0 Å². The summed E-state index contributed by atoms with van der Waals surface area (Å²) in [6.45, 7) is 7.54. The van der Waals surface area contributed by atoms with Crippen LogP contribution in [0.4, 0.5) is 4.79 Å². The number of hydrogen-bond donors (Lipinski definition) is 4. The third kappa shape index (κ3) is 5.12. The van der Waals surface area contributed by atoms with Crippen LogP contribution >= 0.6 is 0 Å². The Labute approximate surface area is 233 Å². The smallest absolute Gasteiger partial charge is 0.328 e. The molecule has 39 heavy (non-hydrogen) atoms. The summed E-state index contributed by atoms with van der Waals surface area (Å²) >= 11 is 0. The minimum Gasteiger partial charge on any atom is -0.393 e. The van der Waals surface area contributed by atoms with E-state index in [1.807, 2.05) is 0 Å². The highest BCUT2D eigenvalue weighted by Crippen LogP contribution is 2.69. The van der Waals surface area contributed by atoms with Gasteiger partial charge in [0.1, 0.15) is 0 Å². The molecule has 0 aliphatic heterocycles. The molecule has 4 N–H and O–H groups in total. The molecule has 5 rings (SSSR count). The summed E-state index contributed by atoms with van der Waals surface area (Å²) in [5.41, 5.74) is 0.391. The van der Waals surface area contributed by atoms with E-state index in [1.165, 1.54) is 30.9 Å². The van der Waals surface area contributed by atoms with E-state index in [0.29, 0.717) is 36.1 Å². The van der Waals surface area contributed by atoms with Gasteiger partial charge in [0.2, 0.25) is 0 Å². The van der Waals surface area contributed by atoms with Crippen LogP contribution in [0.3, 0.4) is 0 Å². The third-order valence-electron chi connectivity index (χ3n) is 11.8. The second kappa shape index (κ2) is 10.9. The molecule has 0 aromatic carbocycles. The van der Waals surface area contributed by atoms with Crippen molar-refractivity contribution in [3.8, 4) is 0 Å². The number of sulfonamides is 1. The predicted octanol–water partition coefficient (Wildman–Crippen LogP) is 4.48. The number of amides is 2. The standard InChI is InChI=1S/C30H47N3O5S/c1-4-22-25-18-20(34)9-13-30(25,3)24-10-14-29(2)19(7-8-23(29)26(24)27(22)35)6-5-15-32-28(36)33-39(37,38)21-11-16-31-17-12-21/h11-12,16-17,19-20,22-27,34-35H,4-10,13-15,18H2,1-3H3,(H2,32,33,36)/t19-,20+,22+,23-,24-,25-,26-,27+,29+,30+/m0/s1. The maximum absolute atomic E-state index is 12.4. The van der Waals surface area contributed by atoms with Gasteiger partial charge in [-0.05, 0) is 116 Å². The van der Waals surface area contributed by atoms with E-state index < -0.39 is 16.1 Å². The van der Waals surface area contributed by atoms with Crippen molar-refractivity contribution in [2.24, 2.45) is 46.3 Å². The molecule has 8 nitrogen and oxygen atoms in total. The van der Waals surface area contributed by atoms with Crippen molar-refractivity contribution in [2.45, 2.75) is 102 Å². The lowest BCUT2D eigenvalue weighted by Gasteiger charge is -2.64. The van der Waals surface area contributed by atoms with Gasteiger partial charge in [0.05, 0.1) is 17.1 Å². The topological polar surface area (TPSA) is 129 Å². The van der Waals surface area contributed by atoms with Crippen LogP contribution in [-0.4, -0.2) is 48.4 Å². The zero-order chi connectivity index (χ0) is 28.0. The van der Waals surface area contributed by atoms with Crippen LogP contribution in [0.25, 0.3) is 0 Å². The summed E-state index contributed by atoms with van der Waals surface area (Å²) in [4.78, 5) is 16.1. The number of fused-ring (bicyclic) bond motifs is 5. The quantitative estimate of drug-likeness (QED) is 0.364. The lowest BCUT2D eigenvalue weighted by atomic mass is 9.41. The van der Waals surface area contributed by atoms with Crippen LogP contribution in [0.1, 0.15) is 85.0 Å². The molecule has 10 atom stereocenters. The highest BCUT2D eigenvalue weighted by atomic mass is 32.2. The first kappa shape index (κ1) is 28.8. The first-order valence-electron chi connectivity index (χ1n) is 15.1. The van der Waals surface area contributed by atoms with Gasteiger partial charge in [0.25, 0.3) is 10.0 Å². The van der Waals surface area contributed by atoms with Crippen LogP contribution in [-0.2, 0) is 10.0 Å². The molecule has 0 unspecified atom stereocenters. The number of aliphatic hydroxyl groups excluding tert-OH is 2. The number of nitrogens with one attached hydrogen (secondary N) is 2. The number of carbonyl (C=O) groups is 1. The molecule has 4 fully saturated rings. The molecular formula is C30H47N3O5S. The van der Waals surface area contributed by atoms with Gasteiger partial charge in [0, 0.05) is 18.9 Å². The average Bonchev–Trinajstić information content (AvgIpc) is 3.24. The van der Waals surface area contributed by atoms with E-state index in [9.17, 15) is 23.4 Å². The Bertz CT molecular complexity index is 1130. The number of rotatable bonds is 7. The normalized spacial score (nSPS) is 41.7. The number of urea groups is 1. The Morgan fingerprint density at radius 1 is 1.03 bits per heavy atom. The Morgan fingerprint density at radius 3 is 2.44 bits per heavy atom. The predicted molar refractivity (Wildman–Crippen MR) is 149 cm³/mol. The second-order valence-electron chi connectivity index (χ2n) is 13.4. The summed E-state index contributed by atoms with van der Waals surface area (Å²) in [7, 11) is -3.92. The zero-order valence-corrected chi connectivity index (χ0v) is 24.5. The highest BCUT2D eigenvalue weighted by Gasteiger charge is 2.64. The van der Waals surface area contributed by atoms with Gasteiger partial charge in [-0.3, -0.25) is 4.98 Å². The van der Waals surface area contributed by atoms with Crippen molar-refractivity contribution in [3.05, 3.63) is 24.5 Å². The van der Waals surface area contributed by atoms with E-state index >= 15 is 0 Å². The van der Waals surface area contributed by atoms with E-state index in [0.717, 1.165) is 57.8 Å². The first-order valence-corrected chi connectivity index (χ1v) is 16.6. The molecule has 4 saturated carbocycles. The van der Waals surface area contributed by atoms with Crippen molar-refractivity contribution >= 4 is 16.1 Å². The van der Waals surface area contributed by atoms with Crippen LogP contribution in [0.15, 0.2) is 29.4 Å². The maximum Gasteiger partial charge on any atom is 0.328 e. The molecule has 4 aliphatic rings. The van der Waals surface area contributed by atoms with Crippen LogP contribution < -0.4 is 10.0 Å². The largest absolute Gasteiger partial charge is 0.393 e. The average molecular weight is 562 g/mol. The first-order chi connectivity index (χ1) is 18.5. The Hall–Kier alpha value is -1.71. The second-order valence-corrected chi connectivity index (χ2v) is 15.1. The molecule has 1 aromatic heterocycles. The van der Waals surface area contributed by atoms with E-state index in [-0.39, 0.29) is 33.9 Å². The molecule has 4 aliphatic carbocycles. The SMILES string of the molecule is CC[C@H]1[C@@H](O)[C@@H]2[C@H](CC[C@]3(C)[C@@H](CCCNC(=O)NS(=O)(=O)c4ccncc4)CC[C@@H]23)[C@@]2(C)CC[C@@H](O)C[C@@H]12. The number of carbonyl (C=O) groups excluding carboxylic acids is 1. The summed E-state index contributed by atoms with van der Waals surface area (Å²) in [5, 5.41) is 25.0. The minimum absolute atomic E-state index is 0.00738. The molecule has 218 valence electrons. The molecule has 2 amide bonds. The molecule has 0 bridgehead atoms. The molecule has 9 heteroatoms. The van der Waals surface area contributed by atoms with Gasteiger partial charge >= 0.3 is 6.03 Å². The third-order valence-corrected chi connectivity index (χ3v) is 13.1. The van der Waals surface area contributed by atoms with Gasteiger partial charge in [-0.2, -0.15) is 0 Å². The van der Waals surface area contributed by atoms with Crippen molar-refractivity contribution in [2.75, 3.05) is 6.54 Å². The van der Waals surface area contributed by atoms with Gasteiger partial charge in [-0.15, -0.1) is 0 Å². The Morgan fingerprint density at radius 2 is 1.72 bits per heavy atom. The van der Waals surface area contributed by atoms with Crippen LogP contribution in [0, 0.1) is 46.3 Å². The lowest BCUT2D eigenvalue weighted by Crippen LogP contribution is -2.62. The number of nitrogens with zero attached hydrogens (tertiary/aromatic N) is 1. The summed E-state index contributed by atoms with van der Waals surface area (Å²) in [6.07, 6.45) is 12.4. The van der Waals surface area contributed by atoms with E-state index in [2.05, 4.69) is 35.8 Å². The van der Waals surface area contributed by atoms with E-state index in [1.54, 1.807) is 0 Å². The zero-order valence-electron chi connectivity index (χ0n) is 23.7. The molecule has 1 aromatic rings. The fourth-order valence-electron chi connectivity index (χ4n) is 9.83. The Balaban J connectivity index is 1.19. The van der Waals surface area contributed by atoms with Gasteiger partial charge in [0.15, 0.2) is 0 Å². The van der Waals surface area contributed by atoms with Gasteiger partial charge < -0.3 is 15.5 Å². The number of aromatic nitrogens is 1. The van der Waals surface area contributed by atoms with E-state index in [4.69, 9.17) is 0 Å². The highest BCUT2D eigenvalue weighted by molar-refractivity contribution is 7.90. The fraction of sp³-hybridized carbons (Fsp3) is 0.800. The van der Waals surface area contributed by atoms with Crippen molar-refractivity contribution in [1.82, 2.24) is 15.0 Å². The molecule has 1 heterocycles. The summed E-state index contributed by atoms with van der Waals surface area (Å²) in [6, 6.07) is 2.00. The van der Waals surface area contributed by atoms with Crippen LogP contribution in [0.2, 0.25) is 0 Å². The fourth-order valence-corrected chi connectivity index (χ4v) is 10.7. The monoisotopic (exact) mass is 561 g/mol. The number of aliphatic hydroxyl groups is 2. The summed E-state index contributed by atoms with van der Waals surface area (Å²) in [5.74, 6) is 2.58. The minimum atomic E-state index is -3.92. The van der Waals surface area contributed by atoms with Crippen molar-refractivity contribution in [1.29, 1.82) is 0 Å². The Kier molecular flexibility index (Phi) is 8.08. The molecule has 0 spiro atoms. The maximum atomic E-state index is 12.4. The molecule has 0 saturated heterocycles. The van der Waals surface area contributed by atoms with Crippen molar-refractivity contribution in [3.63, 3.8) is 0 Å². The van der Waals surface area contributed by atoms with Gasteiger partial charge in [-0.1, -0.05) is 27.2 Å². The summed E-state index contributed by atoms with van der Waals surface area (Å²) < 4.78 is 26.8. The molecular weight excluding hydrogens is 514 g/mol.